The molecule has 4 aliphatic rings. The largest absolute Gasteiger partial charge is 0.368 e. The van der Waals surface area contributed by atoms with Crippen molar-refractivity contribution in [1.82, 2.24) is 14.8 Å². The number of pyridine rings is 1. The zero-order valence-corrected chi connectivity index (χ0v) is 17.0. The second-order valence-electron chi connectivity index (χ2n) is 9.04. The van der Waals surface area contributed by atoms with E-state index in [2.05, 4.69) is 57.8 Å². The smallest absolute Gasteiger partial charge is 0.234 e. The Bertz CT molecular complexity index is 938. The number of carbonyl (C=O) groups excluding carboxylic acids is 1. The monoisotopic (exact) mass is 390 g/mol. The molecular weight excluding hydrogens is 360 g/mol. The fourth-order valence-electron chi connectivity index (χ4n) is 6.21. The van der Waals surface area contributed by atoms with E-state index in [4.69, 9.17) is 5.73 Å². The first-order valence-corrected chi connectivity index (χ1v) is 10.9. The number of nitrogens with two attached hydrogens (primary N) is 1. The molecule has 5 atom stereocenters. The van der Waals surface area contributed by atoms with E-state index < -0.39 is 0 Å². The average Bonchev–Trinajstić information content (AvgIpc) is 3.22. The summed E-state index contributed by atoms with van der Waals surface area (Å²) in [5.74, 6) is 1.01. The van der Waals surface area contributed by atoms with Crippen molar-refractivity contribution in [3.05, 3.63) is 54.7 Å². The number of primary amides is 1. The number of nitrogens with zero attached hydrogens (tertiary/aromatic N) is 3. The molecule has 5 heteroatoms. The van der Waals surface area contributed by atoms with Crippen molar-refractivity contribution in [2.24, 2.45) is 17.6 Å². The molecule has 1 aromatic carbocycles. The van der Waals surface area contributed by atoms with Gasteiger partial charge in [0, 0.05) is 24.7 Å². The highest BCUT2D eigenvalue weighted by Gasteiger charge is 2.52. The molecule has 0 saturated carbocycles. The van der Waals surface area contributed by atoms with Gasteiger partial charge in [0.25, 0.3) is 0 Å². The molecule has 29 heavy (non-hydrogen) atoms. The van der Waals surface area contributed by atoms with Crippen molar-refractivity contribution in [2.45, 2.75) is 37.3 Å². The molecule has 4 saturated heterocycles. The predicted molar refractivity (Wildman–Crippen MR) is 115 cm³/mol. The number of hydrogen-bond acceptors (Lipinski definition) is 4. The van der Waals surface area contributed by atoms with Crippen LogP contribution in [0.25, 0.3) is 10.9 Å². The van der Waals surface area contributed by atoms with Gasteiger partial charge in [-0.1, -0.05) is 24.3 Å². The Hall–Kier alpha value is -2.24. The first-order valence-electron chi connectivity index (χ1n) is 10.9. The van der Waals surface area contributed by atoms with Crippen molar-refractivity contribution in [2.75, 3.05) is 26.2 Å². The van der Waals surface area contributed by atoms with Crippen LogP contribution in [0, 0.1) is 11.8 Å². The molecule has 152 valence electrons. The quantitative estimate of drug-likeness (QED) is 0.798. The molecule has 1 aromatic heterocycles. The van der Waals surface area contributed by atoms with Crippen molar-refractivity contribution in [3.63, 3.8) is 0 Å². The Labute approximate surface area is 172 Å². The third-order valence-corrected chi connectivity index (χ3v) is 7.62. The van der Waals surface area contributed by atoms with Crippen LogP contribution in [0.15, 0.2) is 49.2 Å². The number of fused-ring (bicyclic) bond motifs is 4. The maximum atomic E-state index is 12.1. The first kappa shape index (κ1) is 18.8. The summed E-state index contributed by atoms with van der Waals surface area (Å²) >= 11 is 0. The number of para-hydroxylation sites is 1. The van der Waals surface area contributed by atoms with Crippen molar-refractivity contribution in [3.8, 4) is 0 Å². The minimum atomic E-state index is -0.183. The van der Waals surface area contributed by atoms with Crippen LogP contribution in [-0.2, 0) is 10.3 Å². The highest BCUT2D eigenvalue weighted by Crippen LogP contribution is 2.50. The summed E-state index contributed by atoms with van der Waals surface area (Å²) in [6, 6.07) is 10.5. The van der Waals surface area contributed by atoms with Gasteiger partial charge in [-0.2, -0.15) is 0 Å². The highest BCUT2D eigenvalue weighted by molar-refractivity contribution is 5.83. The molecule has 4 aliphatic heterocycles. The Morgan fingerprint density at radius 1 is 1.28 bits per heavy atom. The van der Waals surface area contributed by atoms with Gasteiger partial charge in [-0.15, -0.1) is 6.58 Å². The molecule has 5 nitrogen and oxygen atoms in total. The van der Waals surface area contributed by atoms with Gasteiger partial charge in [-0.25, -0.2) is 0 Å². The lowest BCUT2D eigenvalue weighted by Gasteiger charge is -2.58. The predicted octanol–water partition coefficient (Wildman–Crippen LogP) is 2.91. The van der Waals surface area contributed by atoms with E-state index >= 15 is 0 Å². The van der Waals surface area contributed by atoms with E-state index in [1.54, 1.807) is 0 Å². The molecular formula is C24H30N4O. The van der Waals surface area contributed by atoms with Crippen molar-refractivity contribution < 1.29 is 4.79 Å². The summed E-state index contributed by atoms with van der Waals surface area (Å²) in [6.45, 7) is 8.05. The van der Waals surface area contributed by atoms with Crippen LogP contribution < -0.4 is 5.73 Å². The summed E-state index contributed by atoms with van der Waals surface area (Å²) in [7, 11) is 0. The van der Waals surface area contributed by atoms with Crippen molar-refractivity contribution in [1.29, 1.82) is 0 Å². The summed E-state index contributed by atoms with van der Waals surface area (Å²) in [5, 5.41) is 1.23. The lowest BCUT2D eigenvalue weighted by atomic mass is 9.66. The topological polar surface area (TPSA) is 62.5 Å². The minimum absolute atomic E-state index is 0.108. The van der Waals surface area contributed by atoms with Crippen LogP contribution in [0.4, 0.5) is 0 Å². The average molecular weight is 391 g/mol. The molecule has 5 unspecified atom stereocenters. The lowest BCUT2D eigenvalue weighted by molar-refractivity contribution is -0.124. The number of carbonyl (C=O) groups is 1. The Morgan fingerprint density at radius 3 is 2.90 bits per heavy atom. The van der Waals surface area contributed by atoms with E-state index in [0.717, 1.165) is 51.0 Å². The van der Waals surface area contributed by atoms with Crippen LogP contribution in [0.2, 0.25) is 0 Å². The SMILES string of the molecule is C=CC1CN2CCC1CC2(CN1CCCC1C(N)=O)c1ccnc2ccccc12. The summed E-state index contributed by atoms with van der Waals surface area (Å²) in [4.78, 5) is 21.7. The molecule has 0 spiro atoms. The third kappa shape index (κ3) is 2.99. The van der Waals surface area contributed by atoms with E-state index in [-0.39, 0.29) is 17.5 Å². The van der Waals surface area contributed by atoms with Crippen LogP contribution in [0.3, 0.4) is 0 Å². The molecule has 5 heterocycles. The third-order valence-electron chi connectivity index (χ3n) is 7.62. The molecule has 2 N–H and O–H groups in total. The van der Waals surface area contributed by atoms with Gasteiger partial charge in [0.2, 0.25) is 5.91 Å². The van der Waals surface area contributed by atoms with Gasteiger partial charge in [0.1, 0.15) is 0 Å². The van der Waals surface area contributed by atoms with E-state index in [1.807, 2.05) is 6.20 Å². The number of hydrogen-bond donors (Lipinski definition) is 1. The summed E-state index contributed by atoms with van der Waals surface area (Å²) < 4.78 is 0. The highest BCUT2D eigenvalue weighted by atomic mass is 16.1. The first-order chi connectivity index (χ1) is 14.1. The molecule has 2 aromatic rings. The Morgan fingerprint density at radius 2 is 2.14 bits per heavy atom. The molecule has 2 bridgehead atoms. The molecule has 1 amide bonds. The number of benzene rings is 1. The van der Waals surface area contributed by atoms with Crippen LogP contribution in [0.1, 0.15) is 31.2 Å². The standard InChI is InChI=1S/C24H30N4O/c1-2-17-15-28-13-10-18(17)14-24(28,16-27-12-5-8-22(27)23(25)29)20-9-11-26-21-7-4-3-6-19(20)21/h2-4,6-7,9,11,17-18,22H,1,5,8,10,12-16H2,(H2,25,29). The minimum Gasteiger partial charge on any atom is -0.368 e. The van der Waals surface area contributed by atoms with Gasteiger partial charge in [0.15, 0.2) is 0 Å². The molecule has 6 rings (SSSR count). The summed E-state index contributed by atoms with van der Waals surface area (Å²) in [6.07, 6.45) is 8.33. The maximum Gasteiger partial charge on any atom is 0.234 e. The zero-order chi connectivity index (χ0) is 20.0. The van der Waals surface area contributed by atoms with E-state index in [9.17, 15) is 4.79 Å². The normalized spacial score (nSPS) is 34.5. The number of aromatic nitrogens is 1. The lowest BCUT2D eigenvalue weighted by Crippen LogP contribution is -2.64. The van der Waals surface area contributed by atoms with Crippen LogP contribution >= 0.6 is 0 Å². The van der Waals surface area contributed by atoms with Gasteiger partial charge in [0.05, 0.1) is 17.1 Å². The van der Waals surface area contributed by atoms with Crippen LogP contribution in [-0.4, -0.2) is 52.9 Å². The molecule has 4 fully saturated rings. The van der Waals surface area contributed by atoms with Crippen molar-refractivity contribution >= 4 is 16.8 Å². The number of amides is 1. The van der Waals surface area contributed by atoms with Crippen LogP contribution in [0.5, 0.6) is 0 Å². The fraction of sp³-hybridized carbons (Fsp3) is 0.500. The number of likely N-dealkylation sites (tertiary alicyclic amines) is 1. The van der Waals surface area contributed by atoms with E-state index in [0.29, 0.717) is 11.8 Å². The summed E-state index contributed by atoms with van der Waals surface area (Å²) in [5.41, 5.74) is 8.05. The van der Waals surface area contributed by atoms with E-state index in [1.165, 1.54) is 17.4 Å². The Kier molecular flexibility index (Phi) is 4.67. The molecule has 0 radical (unpaired) electrons. The van der Waals surface area contributed by atoms with Gasteiger partial charge < -0.3 is 5.73 Å². The zero-order valence-electron chi connectivity index (χ0n) is 17.0. The maximum absolute atomic E-state index is 12.1. The number of rotatable bonds is 5. The Balaban J connectivity index is 1.63. The van der Waals surface area contributed by atoms with Gasteiger partial charge >= 0.3 is 0 Å². The molecule has 0 aliphatic carbocycles. The second kappa shape index (κ2) is 7.22. The number of piperidine rings is 3. The van der Waals surface area contributed by atoms with Gasteiger partial charge in [-0.05, 0) is 68.3 Å². The fourth-order valence-corrected chi connectivity index (χ4v) is 6.21. The second-order valence-corrected chi connectivity index (χ2v) is 9.04. The van der Waals surface area contributed by atoms with Gasteiger partial charge in [-0.3, -0.25) is 19.6 Å².